The molecular weight excluding hydrogens is 398 g/mol. The van der Waals surface area contributed by atoms with Gasteiger partial charge < -0.3 is 10.6 Å². The van der Waals surface area contributed by atoms with Gasteiger partial charge in [0.2, 0.25) is 0 Å². The van der Waals surface area contributed by atoms with Crippen molar-refractivity contribution in [1.29, 1.82) is 0 Å². The molecular formula is C16H14FIN2O2. The van der Waals surface area contributed by atoms with Gasteiger partial charge in [-0.1, -0.05) is 6.07 Å². The Balaban J connectivity index is 2.18. The predicted octanol–water partition coefficient (Wildman–Crippen LogP) is 3.43. The van der Waals surface area contributed by atoms with Gasteiger partial charge >= 0.3 is 0 Å². The minimum absolute atomic E-state index is 0.199. The van der Waals surface area contributed by atoms with Gasteiger partial charge in [-0.05, 0) is 65.9 Å². The number of amides is 2. The average Bonchev–Trinajstić information content (AvgIpc) is 2.47. The van der Waals surface area contributed by atoms with Crippen LogP contribution in [0.2, 0.25) is 0 Å². The first-order valence-corrected chi connectivity index (χ1v) is 7.74. The van der Waals surface area contributed by atoms with Gasteiger partial charge in [-0.15, -0.1) is 0 Å². The van der Waals surface area contributed by atoms with Crippen LogP contribution in [0.15, 0.2) is 42.5 Å². The maximum atomic E-state index is 13.1. The fourth-order valence-electron chi connectivity index (χ4n) is 1.87. The van der Waals surface area contributed by atoms with Gasteiger partial charge in [-0.2, -0.15) is 0 Å². The third-order valence-corrected chi connectivity index (χ3v) is 3.79. The molecule has 2 N–H and O–H groups in total. The van der Waals surface area contributed by atoms with Gasteiger partial charge in [-0.3, -0.25) is 9.59 Å². The highest BCUT2D eigenvalue weighted by molar-refractivity contribution is 14.1. The van der Waals surface area contributed by atoms with Gasteiger partial charge in [0, 0.05) is 21.4 Å². The molecule has 0 aliphatic carbocycles. The van der Waals surface area contributed by atoms with Gasteiger partial charge in [0.05, 0.1) is 5.56 Å². The zero-order valence-corrected chi connectivity index (χ0v) is 14.0. The summed E-state index contributed by atoms with van der Waals surface area (Å²) in [7, 11) is 0. The normalized spacial score (nSPS) is 10.1. The van der Waals surface area contributed by atoms with Crippen LogP contribution in [0.25, 0.3) is 0 Å². The van der Waals surface area contributed by atoms with E-state index in [1.165, 1.54) is 18.2 Å². The van der Waals surface area contributed by atoms with Crippen molar-refractivity contribution in [3.63, 3.8) is 0 Å². The highest BCUT2D eigenvalue weighted by Gasteiger charge is 2.12. The van der Waals surface area contributed by atoms with Crippen molar-refractivity contribution in [1.82, 2.24) is 5.32 Å². The summed E-state index contributed by atoms with van der Waals surface area (Å²) in [6.45, 7) is 2.36. The fourth-order valence-corrected chi connectivity index (χ4v) is 2.60. The van der Waals surface area contributed by atoms with Gasteiger partial charge in [0.25, 0.3) is 11.8 Å². The Hall–Kier alpha value is -1.96. The summed E-state index contributed by atoms with van der Waals surface area (Å²) >= 11 is 1.91. The number of benzene rings is 2. The molecule has 2 aromatic carbocycles. The van der Waals surface area contributed by atoms with Crippen LogP contribution in [-0.4, -0.2) is 18.4 Å². The highest BCUT2D eigenvalue weighted by Crippen LogP contribution is 2.17. The average molecular weight is 412 g/mol. The second kappa shape index (κ2) is 7.35. The van der Waals surface area contributed by atoms with E-state index >= 15 is 0 Å². The minimum Gasteiger partial charge on any atom is -0.352 e. The molecule has 0 aliphatic rings. The smallest absolute Gasteiger partial charge is 0.256 e. The molecule has 0 saturated carbocycles. The van der Waals surface area contributed by atoms with E-state index in [4.69, 9.17) is 0 Å². The molecule has 6 heteroatoms. The molecule has 0 heterocycles. The van der Waals surface area contributed by atoms with Crippen LogP contribution in [0.1, 0.15) is 27.6 Å². The Bertz CT molecular complexity index is 719. The summed E-state index contributed by atoms with van der Waals surface area (Å²) < 4.78 is 13.6. The molecule has 0 spiro atoms. The van der Waals surface area contributed by atoms with Gasteiger partial charge in [0.15, 0.2) is 0 Å². The Morgan fingerprint density at radius 3 is 2.59 bits per heavy atom. The first-order chi connectivity index (χ1) is 10.5. The summed E-state index contributed by atoms with van der Waals surface area (Å²) in [5.74, 6) is -0.938. The van der Waals surface area contributed by atoms with Gasteiger partial charge in [-0.25, -0.2) is 4.39 Å². The third-order valence-electron chi connectivity index (χ3n) is 2.90. The largest absolute Gasteiger partial charge is 0.352 e. The van der Waals surface area contributed by atoms with Crippen LogP contribution in [0.3, 0.4) is 0 Å². The number of rotatable bonds is 4. The number of halogens is 2. The molecule has 0 bridgehead atoms. The third kappa shape index (κ3) is 4.03. The molecule has 22 heavy (non-hydrogen) atoms. The number of anilines is 1. The second-order valence-electron chi connectivity index (χ2n) is 4.52. The standard InChI is InChI=1S/C16H14FIN2O2/c1-2-19-15(21)10-4-3-5-12(8-10)20-16(22)13-7-6-11(17)9-14(13)18/h3-9H,2H2,1H3,(H,19,21)(H,20,22). The lowest BCUT2D eigenvalue weighted by Crippen LogP contribution is -2.22. The fraction of sp³-hybridized carbons (Fsp3) is 0.125. The predicted molar refractivity (Wildman–Crippen MR) is 91.5 cm³/mol. The molecule has 0 unspecified atom stereocenters. The monoisotopic (exact) mass is 412 g/mol. The molecule has 0 radical (unpaired) electrons. The van der Waals surface area contributed by atoms with Crippen molar-refractivity contribution >= 4 is 40.1 Å². The van der Waals surface area contributed by atoms with E-state index in [2.05, 4.69) is 10.6 Å². The zero-order valence-electron chi connectivity index (χ0n) is 11.8. The second-order valence-corrected chi connectivity index (χ2v) is 5.68. The molecule has 2 amide bonds. The van der Waals surface area contributed by atoms with E-state index in [0.717, 1.165) is 0 Å². The number of nitrogens with one attached hydrogen (secondary N) is 2. The lowest BCUT2D eigenvalue weighted by atomic mass is 10.1. The molecule has 114 valence electrons. The Morgan fingerprint density at radius 1 is 1.14 bits per heavy atom. The number of carbonyl (C=O) groups excluding carboxylic acids is 2. The molecule has 2 rings (SSSR count). The first kappa shape index (κ1) is 16.4. The van der Waals surface area contributed by atoms with E-state index in [-0.39, 0.29) is 17.6 Å². The van der Waals surface area contributed by atoms with Crippen LogP contribution < -0.4 is 10.6 Å². The number of hydrogen-bond donors (Lipinski definition) is 2. The first-order valence-electron chi connectivity index (χ1n) is 6.66. The highest BCUT2D eigenvalue weighted by atomic mass is 127. The van der Waals surface area contributed by atoms with Gasteiger partial charge in [0.1, 0.15) is 5.82 Å². The number of carbonyl (C=O) groups is 2. The van der Waals surface area contributed by atoms with Crippen LogP contribution >= 0.6 is 22.6 Å². The van der Waals surface area contributed by atoms with E-state index in [1.54, 1.807) is 24.3 Å². The Kier molecular flexibility index (Phi) is 5.48. The summed E-state index contributed by atoms with van der Waals surface area (Å²) in [4.78, 5) is 24.0. The van der Waals surface area contributed by atoms with E-state index in [9.17, 15) is 14.0 Å². The van der Waals surface area contributed by atoms with Crippen molar-refractivity contribution in [3.8, 4) is 0 Å². The lowest BCUT2D eigenvalue weighted by Gasteiger charge is -2.09. The lowest BCUT2D eigenvalue weighted by molar-refractivity contribution is 0.0954. The quantitative estimate of drug-likeness (QED) is 0.757. The summed E-state index contributed by atoms with van der Waals surface area (Å²) in [6, 6.07) is 10.6. The van der Waals surface area contributed by atoms with Crippen molar-refractivity contribution in [2.45, 2.75) is 6.92 Å². The number of hydrogen-bond acceptors (Lipinski definition) is 2. The summed E-state index contributed by atoms with van der Waals surface area (Å²) in [5.41, 5.74) is 1.35. The van der Waals surface area contributed by atoms with Crippen LogP contribution in [0.4, 0.5) is 10.1 Å². The Labute approximate surface area is 141 Å². The maximum absolute atomic E-state index is 13.1. The minimum atomic E-state index is -0.390. The molecule has 4 nitrogen and oxygen atoms in total. The van der Waals surface area contributed by atoms with E-state index in [0.29, 0.717) is 26.9 Å². The van der Waals surface area contributed by atoms with Crippen molar-refractivity contribution in [2.24, 2.45) is 0 Å². The molecule has 0 aliphatic heterocycles. The topological polar surface area (TPSA) is 58.2 Å². The van der Waals surface area contributed by atoms with Crippen LogP contribution in [-0.2, 0) is 0 Å². The molecule has 0 atom stereocenters. The van der Waals surface area contributed by atoms with Crippen molar-refractivity contribution in [2.75, 3.05) is 11.9 Å². The summed E-state index contributed by atoms with van der Waals surface area (Å²) in [6.07, 6.45) is 0. The summed E-state index contributed by atoms with van der Waals surface area (Å²) in [5, 5.41) is 5.40. The van der Waals surface area contributed by atoms with E-state index in [1.807, 2.05) is 29.5 Å². The van der Waals surface area contributed by atoms with Crippen molar-refractivity contribution < 1.29 is 14.0 Å². The molecule has 0 fully saturated rings. The molecule has 2 aromatic rings. The zero-order chi connectivity index (χ0) is 16.1. The van der Waals surface area contributed by atoms with Crippen LogP contribution in [0.5, 0.6) is 0 Å². The van der Waals surface area contributed by atoms with Crippen LogP contribution in [0, 0.1) is 9.39 Å². The Morgan fingerprint density at radius 2 is 1.91 bits per heavy atom. The SMILES string of the molecule is CCNC(=O)c1cccc(NC(=O)c2ccc(F)cc2I)c1. The van der Waals surface area contributed by atoms with E-state index < -0.39 is 0 Å². The van der Waals surface area contributed by atoms with Crippen molar-refractivity contribution in [3.05, 3.63) is 63.0 Å². The molecule has 0 saturated heterocycles. The molecule has 0 aromatic heterocycles. The maximum Gasteiger partial charge on any atom is 0.256 e.